The molecule has 4 heterocycles. The molecule has 142 valence electrons. The summed E-state index contributed by atoms with van der Waals surface area (Å²) in [5, 5.41) is 0. The highest BCUT2D eigenvalue weighted by Crippen LogP contribution is 2.35. The summed E-state index contributed by atoms with van der Waals surface area (Å²) >= 11 is 0. The molecule has 2 saturated heterocycles. The van der Waals surface area contributed by atoms with Crippen molar-refractivity contribution >= 4 is 11.6 Å². The maximum absolute atomic E-state index is 12.5. The predicted octanol–water partition coefficient (Wildman–Crippen LogP) is 2.41. The van der Waals surface area contributed by atoms with Crippen molar-refractivity contribution < 1.29 is 0 Å². The van der Waals surface area contributed by atoms with Crippen LogP contribution in [0.15, 0.2) is 65.7 Å². The molecule has 6 nitrogen and oxygen atoms in total. The van der Waals surface area contributed by atoms with E-state index >= 15 is 0 Å². The minimum absolute atomic E-state index is 0.0280. The fourth-order valence-electron chi connectivity index (χ4n) is 4.49. The fraction of sp³-hybridized carbons (Fsp3) is 0.318. The number of anilines is 2. The van der Waals surface area contributed by atoms with Gasteiger partial charge in [0.1, 0.15) is 0 Å². The summed E-state index contributed by atoms with van der Waals surface area (Å²) in [4.78, 5) is 26.2. The quantitative estimate of drug-likeness (QED) is 0.706. The van der Waals surface area contributed by atoms with Gasteiger partial charge in [0.25, 0.3) is 5.56 Å². The zero-order valence-corrected chi connectivity index (χ0v) is 15.9. The van der Waals surface area contributed by atoms with Crippen LogP contribution in [0.25, 0.3) is 11.3 Å². The number of aromatic nitrogens is 3. The number of para-hydroxylation sites is 1. The van der Waals surface area contributed by atoms with Gasteiger partial charge in [-0.25, -0.2) is 4.98 Å². The number of rotatable bonds is 3. The Bertz CT molecular complexity index is 1020. The first-order valence-electron chi connectivity index (χ1n) is 9.72. The number of hydrogen-bond acceptors (Lipinski definition) is 5. The van der Waals surface area contributed by atoms with Crippen LogP contribution in [-0.4, -0.2) is 40.7 Å². The van der Waals surface area contributed by atoms with E-state index in [-0.39, 0.29) is 5.56 Å². The number of pyridine rings is 1. The molecule has 2 aromatic heterocycles. The Morgan fingerprint density at radius 1 is 0.893 bits per heavy atom. The van der Waals surface area contributed by atoms with Crippen LogP contribution in [-0.2, 0) is 7.05 Å². The molecule has 5 rings (SSSR count). The van der Waals surface area contributed by atoms with E-state index in [0.29, 0.717) is 17.5 Å². The molecule has 28 heavy (non-hydrogen) atoms. The molecule has 0 unspecified atom stereocenters. The SMILES string of the molecule is Cn1c(N2C[C@H]3CN(c4ccccc4)C[C@H]3C2)nc(-c2ccncc2)cc1=O. The van der Waals surface area contributed by atoms with E-state index in [2.05, 4.69) is 45.1 Å². The van der Waals surface area contributed by atoms with Gasteiger partial charge in [0.15, 0.2) is 0 Å². The van der Waals surface area contributed by atoms with Crippen LogP contribution in [0.4, 0.5) is 11.6 Å². The molecule has 0 amide bonds. The van der Waals surface area contributed by atoms with Gasteiger partial charge >= 0.3 is 0 Å². The number of hydrogen-bond donors (Lipinski definition) is 0. The van der Waals surface area contributed by atoms with Crippen molar-refractivity contribution in [2.24, 2.45) is 18.9 Å². The first-order chi connectivity index (χ1) is 13.7. The average molecular weight is 373 g/mol. The molecule has 2 aliphatic heterocycles. The highest BCUT2D eigenvalue weighted by Gasteiger charge is 2.41. The maximum Gasteiger partial charge on any atom is 0.255 e. The second-order valence-electron chi connectivity index (χ2n) is 7.74. The molecular formula is C22H23N5O. The predicted molar refractivity (Wildman–Crippen MR) is 111 cm³/mol. The van der Waals surface area contributed by atoms with E-state index < -0.39 is 0 Å². The lowest BCUT2D eigenvalue weighted by molar-refractivity contribution is 0.533. The van der Waals surface area contributed by atoms with Gasteiger partial charge in [-0.2, -0.15) is 0 Å². The molecule has 0 aliphatic carbocycles. The molecule has 2 atom stereocenters. The summed E-state index contributed by atoms with van der Waals surface area (Å²) in [5.74, 6) is 1.96. The van der Waals surface area contributed by atoms with Gasteiger partial charge in [-0.05, 0) is 24.3 Å². The van der Waals surface area contributed by atoms with Crippen molar-refractivity contribution in [3.8, 4) is 11.3 Å². The Hall–Kier alpha value is -3.15. The smallest absolute Gasteiger partial charge is 0.255 e. The third-order valence-corrected chi connectivity index (χ3v) is 5.98. The lowest BCUT2D eigenvalue weighted by atomic mass is 10.0. The van der Waals surface area contributed by atoms with Crippen molar-refractivity contribution in [1.29, 1.82) is 0 Å². The van der Waals surface area contributed by atoms with E-state index in [1.165, 1.54) is 5.69 Å². The van der Waals surface area contributed by atoms with Crippen molar-refractivity contribution in [3.63, 3.8) is 0 Å². The van der Waals surface area contributed by atoms with Gasteiger partial charge in [-0.15, -0.1) is 0 Å². The van der Waals surface area contributed by atoms with Gasteiger partial charge in [0, 0.05) is 74.8 Å². The standard InChI is InChI=1S/C22H23N5O/c1-25-21(28)11-20(16-7-9-23-10-8-16)24-22(25)27-14-17-12-26(13-18(17)15-27)19-5-3-2-4-6-19/h2-11,17-18H,12-15H2,1H3/t17-,18+. The molecule has 0 spiro atoms. The first-order valence-corrected chi connectivity index (χ1v) is 9.72. The summed E-state index contributed by atoms with van der Waals surface area (Å²) in [5.41, 5.74) is 2.90. The molecule has 0 radical (unpaired) electrons. The second kappa shape index (κ2) is 6.78. The zero-order valence-electron chi connectivity index (χ0n) is 15.9. The van der Waals surface area contributed by atoms with Gasteiger partial charge < -0.3 is 9.80 Å². The van der Waals surface area contributed by atoms with Gasteiger partial charge in [0.05, 0.1) is 5.69 Å². The molecule has 1 aromatic carbocycles. The second-order valence-corrected chi connectivity index (χ2v) is 7.74. The number of nitrogens with zero attached hydrogens (tertiary/aromatic N) is 5. The molecule has 2 fully saturated rings. The number of fused-ring (bicyclic) bond motifs is 1. The molecule has 3 aromatic rings. The monoisotopic (exact) mass is 373 g/mol. The number of benzene rings is 1. The molecule has 0 bridgehead atoms. The van der Waals surface area contributed by atoms with Crippen LogP contribution in [0.3, 0.4) is 0 Å². The van der Waals surface area contributed by atoms with Crippen LogP contribution >= 0.6 is 0 Å². The van der Waals surface area contributed by atoms with Crippen molar-refractivity contribution in [3.05, 3.63) is 71.3 Å². The lowest BCUT2D eigenvalue weighted by Crippen LogP contribution is -2.33. The van der Waals surface area contributed by atoms with E-state index in [1.54, 1.807) is 23.0 Å². The van der Waals surface area contributed by atoms with Crippen LogP contribution in [0, 0.1) is 11.8 Å². The van der Waals surface area contributed by atoms with Crippen molar-refractivity contribution in [2.75, 3.05) is 36.0 Å². The van der Waals surface area contributed by atoms with Crippen LogP contribution < -0.4 is 15.4 Å². The van der Waals surface area contributed by atoms with Crippen LogP contribution in [0.1, 0.15) is 0 Å². The maximum atomic E-state index is 12.5. The topological polar surface area (TPSA) is 54.3 Å². The largest absolute Gasteiger partial charge is 0.371 e. The van der Waals surface area contributed by atoms with Crippen molar-refractivity contribution in [2.45, 2.75) is 0 Å². The lowest BCUT2D eigenvalue weighted by Gasteiger charge is -2.25. The third-order valence-electron chi connectivity index (χ3n) is 5.98. The van der Waals surface area contributed by atoms with Crippen LogP contribution in [0.2, 0.25) is 0 Å². The highest BCUT2D eigenvalue weighted by molar-refractivity contribution is 5.59. The van der Waals surface area contributed by atoms with Gasteiger partial charge in [-0.3, -0.25) is 14.3 Å². The molecule has 6 heteroatoms. The zero-order chi connectivity index (χ0) is 19.1. The average Bonchev–Trinajstić information content (AvgIpc) is 3.30. The van der Waals surface area contributed by atoms with E-state index in [0.717, 1.165) is 37.7 Å². The normalized spacial score (nSPS) is 21.2. The molecule has 0 N–H and O–H groups in total. The summed E-state index contributed by atoms with van der Waals surface area (Å²) < 4.78 is 1.67. The van der Waals surface area contributed by atoms with E-state index in [1.807, 2.05) is 19.2 Å². The Morgan fingerprint density at radius 2 is 1.54 bits per heavy atom. The summed E-state index contributed by atoms with van der Waals surface area (Å²) in [6.07, 6.45) is 3.46. The van der Waals surface area contributed by atoms with Crippen LogP contribution in [0.5, 0.6) is 0 Å². The molecule has 2 aliphatic rings. The fourth-order valence-corrected chi connectivity index (χ4v) is 4.49. The Morgan fingerprint density at radius 3 is 2.21 bits per heavy atom. The van der Waals surface area contributed by atoms with E-state index in [9.17, 15) is 4.79 Å². The highest BCUT2D eigenvalue weighted by atomic mass is 16.1. The van der Waals surface area contributed by atoms with Crippen molar-refractivity contribution in [1.82, 2.24) is 14.5 Å². The third kappa shape index (κ3) is 2.95. The van der Waals surface area contributed by atoms with E-state index in [4.69, 9.17) is 4.98 Å². The minimum atomic E-state index is -0.0280. The van der Waals surface area contributed by atoms with Gasteiger partial charge in [0.2, 0.25) is 5.95 Å². The summed E-state index contributed by atoms with van der Waals surface area (Å²) in [6, 6.07) is 16.0. The van der Waals surface area contributed by atoms with Gasteiger partial charge in [-0.1, -0.05) is 18.2 Å². The minimum Gasteiger partial charge on any atom is -0.371 e. The summed E-state index contributed by atoms with van der Waals surface area (Å²) in [6.45, 7) is 3.99. The first kappa shape index (κ1) is 17.0. The molecular weight excluding hydrogens is 350 g/mol. The Balaban J connectivity index is 1.39. The molecule has 0 saturated carbocycles. The summed E-state index contributed by atoms with van der Waals surface area (Å²) in [7, 11) is 1.81. The Labute approximate surface area is 164 Å². The Kier molecular flexibility index (Phi) is 4.11.